The molecule has 1 amide bonds. The molecular weight excluding hydrogens is 374 g/mol. The van der Waals surface area contributed by atoms with Gasteiger partial charge in [-0.2, -0.15) is 0 Å². The predicted molar refractivity (Wildman–Crippen MR) is 102 cm³/mol. The van der Waals surface area contributed by atoms with Crippen LogP contribution in [0.3, 0.4) is 0 Å². The van der Waals surface area contributed by atoms with Crippen LogP contribution in [0.1, 0.15) is 18.4 Å². The van der Waals surface area contributed by atoms with Crippen LogP contribution in [-0.2, 0) is 4.79 Å². The summed E-state index contributed by atoms with van der Waals surface area (Å²) in [5.74, 6) is 1.17. The van der Waals surface area contributed by atoms with Crippen molar-refractivity contribution in [3.8, 4) is 5.75 Å². The van der Waals surface area contributed by atoms with Crippen molar-refractivity contribution in [2.45, 2.75) is 31.2 Å². The van der Waals surface area contributed by atoms with Gasteiger partial charge in [0.2, 0.25) is 5.91 Å². The third kappa shape index (κ3) is 3.76. The molecular formula is C17H18ClN5O2S. The molecule has 0 aliphatic rings. The molecule has 2 aromatic heterocycles. The van der Waals surface area contributed by atoms with E-state index < -0.39 is 0 Å². The third-order valence-electron chi connectivity index (χ3n) is 3.73. The van der Waals surface area contributed by atoms with Gasteiger partial charge in [-0.1, -0.05) is 23.4 Å². The summed E-state index contributed by atoms with van der Waals surface area (Å²) >= 11 is 7.41. The van der Waals surface area contributed by atoms with E-state index in [4.69, 9.17) is 16.3 Å². The number of carbonyl (C=O) groups is 1. The third-order valence-corrected chi connectivity index (χ3v) is 5.07. The van der Waals surface area contributed by atoms with E-state index in [-0.39, 0.29) is 11.2 Å². The Kier molecular flexibility index (Phi) is 5.33. The van der Waals surface area contributed by atoms with E-state index in [1.54, 1.807) is 25.3 Å². The van der Waals surface area contributed by atoms with Crippen LogP contribution in [0.25, 0.3) is 5.65 Å². The molecule has 1 N–H and O–H groups in total. The van der Waals surface area contributed by atoms with E-state index in [2.05, 4.69) is 20.5 Å². The van der Waals surface area contributed by atoms with Gasteiger partial charge < -0.3 is 10.1 Å². The highest BCUT2D eigenvalue weighted by Crippen LogP contribution is 2.28. The van der Waals surface area contributed by atoms with Gasteiger partial charge in [0.25, 0.3) is 0 Å². The van der Waals surface area contributed by atoms with Crippen molar-refractivity contribution in [2.24, 2.45) is 0 Å². The molecule has 1 atom stereocenters. The van der Waals surface area contributed by atoms with E-state index in [1.807, 2.05) is 31.2 Å². The molecule has 1 aromatic carbocycles. The lowest BCUT2D eigenvalue weighted by molar-refractivity contribution is -0.115. The van der Waals surface area contributed by atoms with Crippen molar-refractivity contribution in [1.29, 1.82) is 0 Å². The Bertz CT molecular complexity index is 975. The monoisotopic (exact) mass is 391 g/mol. The molecule has 0 saturated heterocycles. The average Bonchev–Trinajstić information content (AvgIpc) is 2.97. The Balaban J connectivity index is 1.75. The Morgan fingerprint density at radius 1 is 1.31 bits per heavy atom. The van der Waals surface area contributed by atoms with Crippen LogP contribution in [0, 0.1) is 13.8 Å². The molecule has 1 unspecified atom stereocenters. The molecule has 3 rings (SSSR count). The molecule has 26 heavy (non-hydrogen) atoms. The Labute approximate surface area is 160 Å². The molecule has 0 fully saturated rings. The quantitative estimate of drug-likeness (QED) is 0.670. The number of carbonyl (C=O) groups excluding carboxylic acids is 1. The molecule has 0 radical (unpaired) electrons. The first-order valence-electron chi connectivity index (χ1n) is 7.89. The van der Waals surface area contributed by atoms with Crippen LogP contribution in [0.5, 0.6) is 5.75 Å². The number of amides is 1. The summed E-state index contributed by atoms with van der Waals surface area (Å²) < 4.78 is 6.95. The number of fused-ring (bicyclic) bond motifs is 1. The van der Waals surface area contributed by atoms with Gasteiger partial charge in [0, 0.05) is 17.4 Å². The normalized spacial score (nSPS) is 12.2. The number of benzene rings is 1. The minimum atomic E-state index is -0.385. The highest BCUT2D eigenvalue weighted by atomic mass is 35.5. The predicted octanol–water partition coefficient (Wildman–Crippen LogP) is 3.52. The standard InChI is InChI=1S/C17H18ClN5O2S/c1-9-7-15-21-22-17(23(15)11(3)19-9)26-10(2)16(24)20-12-5-6-14(25-4)13(18)8-12/h5-8,10H,1-4H3,(H,20,24). The summed E-state index contributed by atoms with van der Waals surface area (Å²) in [5.41, 5.74) is 2.20. The van der Waals surface area contributed by atoms with Gasteiger partial charge in [0.1, 0.15) is 11.6 Å². The van der Waals surface area contributed by atoms with E-state index >= 15 is 0 Å². The molecule has 9 heteroatoms. The minimum Gasteiger partial charge on any atom is -0.495 e. The average molecular weight is 392 g/mol. The Hall–Kier alpha value is -2.32. The summed E-state index contributed by atoms with van der Waals surface area (Å²) in [6.45, 7) is 5.60. The van der Waals surface area contributed by atoms with Crippen molar-refractivity contribution < 1.29 is 9.53 Å². The second-order valence-corrected chi connectivity index (χ2v) is 7.43. The number of hydrogen-bond acceptors (Lipinski definition) is 6. The van der Waals surface area contributed by atoms with Crippen molar-refractivity contribution in [1.82, 2.24) is 19.6 Å². The molecule has 0 aliphatic heterocycles. The number of halogens is 1. The van der Waals surface area contributed by atoms with Crippen LogP contribution >= 0.6 is 23.4 Å². The largest absolute Gasteiger partial charge is 0.495 e. The van der Waals surface area contributed by atoms with Crippen molar-refractivity contribution in [2.75, 3.05) is 12.4 Å². The Morgan fingerprint density at radius 3 is 2.77 bits per heavy atom. The van der Waals surface area contributed by atoms with Crippen LogP contribution in [0.2, 0.25) is 5.02 Å². The lowest BCUT2D eigenvalue weighted by atomic mass is 10.3. The highest BCUT2D eigenvalue weighted by molar-refractivity contribution is 8.00. The SMILES string of the molecule is COc1ccc(NC(=O)C(C)Sc2nnc3cc(C)nc(C)n23)cc1Cl. The molecule has 3 aromatic rings. The van der Waals surface area contributed by atoms with Gasteiger partial charge in [-0.3, -0.25) is 9.20 Å². The first kappa shape index (κ1) is 18.5. The molecule has 2 heterocycles. The lowest BCUT2D eigenvalue weighted by Crippen LogP contribution is -2.22. The fourth-order valence-corrected chi connectivity index (χ4v) is 3.64. The van der Waals surface area contributed by atoms with E-state index in [9.17, 15) is 4.79 Å². The molecule has 7 nitrogen and oxygen atoms in total. The zero-order valence-corrected chi connectivity index (χ0v) is 16.4. The van der Waals surface area contributed by atoms with Crippen LogP contribution in [0.15, 0.2) is 29.4 Å². The zero-order chi connectivity index (χ0) is 18.8. The van der Waals surface area contributed by atoms with E-state index in [0.717, 1.165) is 11.5 Å². The lowest BCUT2D eigenvalue weighted by Gasteiger charge is -2.12. The molecule has 0 spiro atoms. The van der Waals surface area contributed by atoms with Gasteiger partial charge >= 0.3 is 0 Å². The second kappa shape index (κ2) is 7.51. The summed E-state index contributed by atoms with van der Waals surface area (Å²) in [6, 6.07) is 6.95. The number of rotatable bonds is 5. The molecule has 0 saturated carbocycles. The van der Waals surface area contributed by atoms with Crippen molar-refractivity contribution in [3.63, 3.8) is 0 Å². The van der Waals surface area contributed by atoms with Gasteiger partial charge in [0.05, 0.1) is 17.4 Å². The number of methoxy groups -OCH3 is 1. The van der Waals surface area contributed by atoms with Gasteiger partial charge in [-0.15, -0.1) is 10.2 Å². The number of hydrogen-bond donors (Lipinski definition) is 1. The maximum atomic E-state index is 12.5. The van der Waals surface area contributed by atoms with Gasteiger partial charge in [-0.05, 0) is 39.0 Å². The Morgan fingerprint density at radius 2 is 2.08 bits per heavy atom. The second-order valence-electron chi connectivity index (χ2n) is 5.72. The van der Waals surface area contributed by atoms with Gasteiger partial charge in [-0.25, -0.2) is 4.98 Å². The van der Waals surface area contributed by atoms with E-state index in [0.29, 0.717) is 27.3 Å². The number of nitrogens with one attached hydrogen (secondary N) is 1. The number of aromatic nitrogens is 4. The van der Waals surface area contributed by atoms with Gasteiger partial charge in [0.15, 0.2) is 10.8 Å². The fourth-order valence-electron chi connectivity index (χ4n) is 2.48. The number of ether oxygens (including phenoxy) is 1. The summed E-state index contributed by atoms with van der Waals surface area (Å²) in [5, 5.41) is 11.9. The summed E-state index contributed by atoms with van der Waals surface area (Å²) in [4.78, 5) is 16.9. The van der Waals surface area contributed by atoms with Crippen LogP contribution in [0.4, 0.5) is 5.69 Å². The smallest absolute Gasteiger partial charge is 0.237 e. The number of aryl methyl sites for hydroxylation is 2. The van der Waals surface area contributed by atoms with Crippen LogP contribution in [-0.4, -0.2) is 37.8 Å². The maximum absolute atomic E-state index is 12.5. The number of thioether (sulfide) groups is 1. The first-order valence-corrected chi connectivity index (χ1v) is 9.15. The zero-order valence-electron chi connectivity index (χ0n) is 14.8. The fraction of sp³-hybridized carbons (Fsp3) is 0.294. The summed E-state index contributed by atoms with van der Waals surface area (Å²) in [6.07, 6.45) is 0. The number of nitrogens with zero attached hydrogens (tertiary/aromatic N) is 4. The summed E-state index contributed by atoms with van der Waals surface area (Å²) in [7, 11) is 1.54. The maximum Gasteiger partial charge on any atom is 0.237 e. The van der Waals surface area contributed by atoms with Crippen molar-refractivity contribution in [3.05, 3.63) is 40.8 Å². The molecule has 0 aliphatic carbocycles. The topological polar surface area (TPSA) is 81.4 Å². The van der Waals surface area contributed by atoms with E-state index in [1.165, 1.54) is 11.8 Å². The molecule has 136 valence electrons. The first-order chi connectivity index (χ1) is 12.4. The van der Waals surface area contributed by atoms with Crippen molar-refractivity contribution >= 4 is 40.6 Å². The minimum absolute atomic E-state index is 0.161. The van der Waals surface area contributed by atoms with Crippen LogP contribution < -0.4 is 10.1 Å². The highest BCUT2D eigenvalue weighted by Gasteiger charge is 2.19. The number of anilines is 1. The molecule has 0 bridgehead atoms.